The summed E-state index contributed by atoms with van der Waals surface area (Å²) in [4.78, 5) is 43.2. The van der Waals surface area contributed by atoms with Crippen molar-refractivity contribution in [2.45, 2.75) is 59.5 Å². The number of hydrogen-bond donors (Lipinski definition) is 2. The summed E-state index contributed by atoms with van der Waals surface area (Å²) in [6.45, 7) is 13.6. The lowest BCUT2D eigenvalue weighted by atomic mass is 9.96. The molecule has 2 N–H and O–H groups in total. The van der Waals surface area contributed by atoms with Crippen LogP contribution < -0.4 is 4.90 Å². The first-order chi connectivity index (χ1) is 18.0. The Morgan fingerprint density at radius 2 is 1.95 bits per heavy atom. The Labute approximate surface area is 225 Å². The molecule has 38 heavy (non-hydrogen) atoms. The second-order valence-corrected chi connectivity index (χ2v) is 11.6. The fraction of sp³-hybridized carbons (Fsp3) is 0.500. The number of carbonyl (C=O) groups excluding carboxylic acids is 1. The molecule has 12 heteroatoms. The van der Waals surface area contributed by atoms with Gasteiger partial charge in [-0.3, -0.25) is 4.79 Å². The number of piperazine rings is 1. The number of aromatic amines is 1. The number of hydrogen-bond acceptors (Lipinski definition) is 7. The van der Waals surface area contributed by atoms with E-state index in [9.17, 15) is 9.59 Å². The Kier molecular flexibility index (Phi) is 6.54. The molecule has 1 saturated heterocycles. The molecule has 5 rings (SSSR count). The Bertz CT molecular complexity index is 1540. The zero-order valence-electron chi connectivity index (χ0n) is 22.8. The van der Waals surface area contributed by atoms with Crippen molar-refractivity contribution in [3.05, 3.63) is 29.2 Å². The van der Waals surface area contributed by atoms with Crippen LogP contribution in [0.2, 0.25) is 0 Å². The summed E-state index contributed by atoms with van der Waals surface area (Å²) in [6.07, 6.45) is 2.51. The number of pyridine rings is 1. The molecule has 1 aliphatic rings. The number of anilines is 1. The van der Waals surface area contributed by atoms with E-state index in [2.05, 4.69) is 54.6 Å². The molecule has 0 unspecified atom stereocenters. The number of amides is 2. The highest BCUT2D eigenvalue weighted by molar-refractivity contribution is 7.21. The van der Waals surface area contributed by atoms with E-state index in [0.29, 0.717) is 13.1 Å². The molecule has 11 nitrogen and oxygen atoms in total. The molecule has 0 spiro atoms. The van der Waals surface area contributed by atoms with E-state index in [1.165, 1.54) is 18.2 Å². The molecule has 5 heterocycles. The van der Waals surface area contributed by atoms with E-state index in [1.807, 2.05) is 17.6 Å². The molecule has 2 amide bonds. The Hall–Kier alpha value is -3.67. The molecular weight excluding hydrogens is 504 g/mol. The van der Waals surface area contributed by atoms with Crippen LogP contribution in [0.3, 0.4) is 0 Å². The summed E-state index contributed by atoms with van der Waals surface area (Å²) in [7, 11) is 1.41. The van der Waals surface area contributed by atoms with Gasteiger partial charge in [0.25, 0.3) is 0 Å². The van der Waals surface area contributed by atoms with Crippen LogP contribution in [0, 0.1) is 13.8 Å². The van der Waals surface area contributed by atoms with Gasteiger partial charge in [0, 0.05) is 49.5 Å². The third kappa shape index (κ3) is 4.26. The van der Waals surface area contributed by atoms with E-state index in [0.717, 1.165) is 42.8 Å². The molecule has 0 aromatic carbocycles. The lowest BCUT2D eigenvalue weighted by molar-refractivity contribution is -0.134. The van der Waals surface area contributed by atoms with Crippen LogP contribution >= 0.6 is 11.3 Å². The van der Waals surface area contributed by atoms with Crippen molar-refractivity contribution in [2.24, 2.45) is 0 Å². The fourth-order valence-electron chi connectivity index (χ4n) is 5.33. The van der Waals surface area contributed by atoms with Crippen molar-refractivity contribution in [2.75, 3.05) is 31.6 Å². The van der Waals surface area contributed by atoms with Gasteiger partial charge in [0.05, 0.1) is 5.69 Å². The molecular formula is C26H34N8O3S. The molecule has 1 aliphatic heterocycles. The van der Waals surface area contributed by atoms with Crippen molar-refractivity contribution < 1.29 is 14.7 Å². The molecule has 2 atom stereocenters. The summed E-state index contributed by atoms with van der Waals surface area (Å²) >= 11 is 1.63. The normalized spacial score (nSPS) is 18.2. The van der Waals surface area contributed by atoms with Crippen molar-refractivity contribution in [1.29, 1.82) is 0 Å². The lowest BCUT2D eigenvalue weighted by Gasteiger charge is -2.44. The highest BCUT2D eigenvalue weighted by atomic mass is 32.1. The number of nitrogens with zero attached hydrogens (tertiary/aromatic N) is 7. The monoisotopic (exact) mass is 538 g/mol. The molecule has 0 aliphatic carbocycles. The molecule has 202 valence electrons. The van der Waals surface area contributed by atoms with Crippen LogP contribution in [0.1, 0.15) is 50.3 Å². The van der Waals surface area contributed by atoms with Crippen LogP contribution in [0.5, 0.6) is 0 Å². The van der Waals surface area contributed by atoms with Gasteiger partial charge >= 0.3 is 6.09 Å². The van der Waals surface area contributed by atoms with Gasteiger partial charge in [-0.15, -0.1) is 0 Å². The SMILES string of the molecule is Cc1c(-c2[nH]c3sc(N4C[C@@H](C)N(C(=O)CN(C)C(=O)O)C[C@@H]4C)nc3c2C(C)C)cn2ncnc2c1C. The number of thiazole rings is 1. The van der Waals surface area contributed by atoms with E-state index in [1.54, 1.807) is 22.6 Å². The topological polar surface area (TPSA) is 123 Å². The van der Waals surface area contributed by atoms with Gasteiger partial charge in [-0.25, -0.2) is 19.3 Å². The summed E-state index contributed by atoms with van der Waals surface area (Å²) in [6, 6.07) is -0.0228. The number of rotatable bonds is 5. The number of aryl methyl sites for hydroxylation is 1. The Morgan fingerprint density at radius 1 is 1.21 bits per heavy atom. The smallest absolute Gasteiger partial charge is 0.407 e. The zero-order valence-corrected chi connectivity index (χ0v) is 23.6. The van der Waals surface area contributed by atoms with Gasteiger partial charge in [0.15, 0.2) is 10.8 Å². The average molecular weight is 539 g/mol. The number of carboxylic acid groups (broad SMARTS) is 1. The predicted molar refractivity (Wildman–Crippen MR) is 148 cm³/mol. The Morgan fingerprint density at radius 3 is 2.63 bits per heavy atom. The van der Waals surface area contributed by atoms with Crippen LogP contribution in [-0.2, 0) is 4.79 Å². The molecule has 1 fully saturated rings. The number of likely N-dealkylation sites (N-methyl/N-ethyl adjacent to an activating group) is 1. The maximum absolute atomic E-state index is 12.8. The van der Waals surface area contributed by atoms with Gasteiger partial charge in [0.1, 0.15) is 23.2 Å². The summed E-state index contributed by atoms with van der Waals surface area (Å²) in [5.74, 6) is 0.0683. The van der Waals surface area contributed by atoms with Crippen LogP contribution in [0.15, 0.2) is 12.5 Å². The molecule has 4 aromatic heterocycles. The number of nitrogens with one attached hydrogen (secondary N) is 1. The van der Waals surface area contributed by atoms with Crippen molar-refractivity contribution >= 4 is 44.5 Å². The van der Waals surface area contributed by atoms with Crippen LogP contribution in [0.25, 0.3) is 27.3 Å². The maximum Gasteiger partial charge on any atom is 0.407 e. The average Bonchev–Trinajstić information content (AvgIpc) is 3.56. The highest BCUT2D eigenvalue weighted by Crippen LogP contribution is 2.41. The molecule has 0 saturated carbocycles. The highest BCUT2D eigenvalue weighted by Gasteiger charge is 2.34. The second kappa shape index (κ2) is 9.57. The first kappa shape index (κ1) is 26.0. The van der Waals surface area contributed by atoms with E-state index >= 15 is 0 Å². The van der Waals surface area contributed by atoms with E-state index in [4.69, 9.17) is 10.1 Å². The minimum atomic E-state index is -1.11. The maximum atomic E-state index is 12.8. The van der Waals surface area contributed by atoms with Gasteiger partial charge < -0.3 is 24.8 Å². The van der Waals surface area contributed by atoms with Crippen molar-refractivity contribution in [1.82, 2.24) is 34.4 Å². The van der Waals surface area contributed by atoms with Crippen molar-refractivity contribution in [3.8, 4) is 11.3 Å². The summed E-state index contributed by atoms with van der Waals surface area (Å²) in [5.41, 5.74) is 7.45. The predicted octanol–water partition coefficient (Wildman–Crippen LogP) is 4.11. The Balaban J connectivity index is 1.46. The fourth-order valence-corrected chi connectivity index (χ4v) is 6.43. The van der Waals surface area contributed by atoms with E-state index < -0.39 is 6.09 Å². The lowest BCUT2D eigenvalue weighted by Crippen LogP contribution is -2.59. The van der Waals surface area contributed by atoms with E-state index in [-0.39, 0.29) is 30.5 Å². The first-order valence-electron chi connectivity index (χ1n) is 12.8. The molecule has 0 bridgehead atoms. The molecule has 0 radical (unpaired) electrons. The number of H-pyrrole nitrogens is 1. The minimum Gasteiger partial charge on any atom is -0.465 e. The van der Waals surface area contributed by atoms with Crippen LogP contribution in [-0.4, -0.2) is 90.2 Å². The third-order valence-electron chi connectivity index (χ3n) is 7.60. The first-order valence-corrected chi connectivity index (χ1v) is 13.6. The zero-order chi connectivity index (χ0) is 27.5. The third-order valence-corrected chi connectivity index (χ3v) is 8.61. The summed E-state index contributed by atoms with van der Waals surface area (Å²) < 4.78 is 1.83. The number of fused-ring (bicyclic) bond motifs is 2. The minimum absolute atomic E-state index is 0.0436. The van der Waals surface area contributed by atoms with Gasteiger partial charge in [-0.05, 0) is 44.7 Å². The number of aromatic nitrogens is 5. The number of carbonyl (C=O) groups is 2. The second-order valence-electron chi connectivity index (χ2n) is 10.6. The summed E-state index contributed by atoms with van der Waals surface area (Å²) in [5, 5.41) is 14.4. The molecule has 4 aromatic rings. The van der Waals surface area contributed by atoms with Crippen LogP contribution in [0.4, 0.5) is 9.93 Å². The van der Waals surface area contributed by atoms with Gasteiger partial charge in [-0.1, -0.05) is 25.2 Å². The largest absolute Gasteiger partial charge is 0.465 e. The van der Waals surface area contributed by atoms with Gasteiger partial charge in [-0.2, -0.15) is 5.10 Å². The van der Waals surface area contributed by atoms with Crippen molar-refractivity contribution in [3.63, 3.8) is 0 Å². The quantitative estimate of drug-likeness (QED) is 0.392. The standard InChI is InChI=1S/C26H34N8O3S/c1-13(2)20-21(18-10-34-23(27-12-28-34)17(6)16(18)5)29-24-22(20)30-25(38-24)33-9-14(3)32(8-15(33)4)19(35)11-31(7)26(36)37/h10,12-15,29H,8-9,11H2,1-7H3,(H,36,37)/t14-,15+/m1/s1. The van der Waals surface area contributed by atoms with Gasteiger partial charge in [0.2, 0.25) is 5.91 Å².